The Morgan fingerprint density at radius 3 is 2.31 bits per heavy atom. The summed E-state index contributed by atoms with van der Waals surface area (Å²) in [7, 11) is 0. The van der Waals surface area contributed by atoms with Crippen LogP contribution in [0.3, 0.4) is 0 Å². The summed E-state index contributed by atoms with van der Waals surface area (Å²) in [4.78, 5) is 6.65. The molecule has 0 amide bonds. The van der Waals surface area contributed by atoms with Gasteiger partial charge in [-0.25, -0.2) is 4.99 Å². The maximum absolute atomic E-state index is 13.7. The summed E-state index contributed by atoms with van der Waals surface area (Å²) in [6.07, 6.45) is 0.294. The predicted molar refractivity (Wildman–Crippen MR) is 141 cm³/mol. The Hall–Kier alpha value is -3.93. The van der Waals surface area contributed by atoms with Crippen LogP contribution in [0, 0.1) is 0 Å². The van der Waals surface area contributed by atoms with Gasteiger partial charge in [-0.2, -0.15) is 26.3 Å². The Balaban J connectivity index is 1.90. The third-order valence-corrected chi connectivity index (χ3v) is 5.87. The van der Waals surface area contributed by atoms with Gasteiger partial charge in [0.05, 0.1) is 17.2 Å². The number of hydrogen-bond acceptors (Lipinski definition) is 6. The van der Waals surface area contributed by atoms with Gasteiger partial charge in [0, 0.05) is 37.4 Å². The van der Waals surface area contributed by atoms with E-state index in [4.69, 9.17) is 5.73 Å². The minimum Gasteiger partial charge on any atom is -0.404 e. The van der Waals surface area contributed by atoms with Gasteiger partial charge in [-0.05, 0) is 54.4 Å². The lowest BCUT2D eigenvalue weighted by Crippen LogP contribution is -2.44. The lowest BCUT2D eigenvalue weighted by Gasteiger charge is -2.31. The van der Waals surface area contributed by atoms with E-state index in [2.05, 4.69) is 34.1 Å². The smallest absolute Gasteiger partial charge is 0.404 e. The predicted octanol–water partition coefficient (Wildman–Crippen LogP) is 5.21. The highest BCUT2D eigenvalue weighted by atomic mass is 19.4. The second kappa shape index (κ2) is 12.7. The molecule has 2 aliphatic heterocycles. The molecule has 3 rings (SSSR count). The monoisotopic (exact) mass is 552 g/mol. The normalized spacial score (nSPS) is 21.1. The molecular weight excluding hydrogens is 522 g/mol. The maximum Gasteiger partial charge on any atom is 0.416 e. The summed E-state index contributed by atoms with van der Waals surface area (Å²) >= 11 is 0. The quantitative estimate of drug-likeness (QED) is 0.250. The third-order valence-electron chi connectivity index (χ3n) is 5.87. The Morgan fingerprint density at radius 1 is 1.08 bits per heavy atom. The fraction of sp³-hybridized carbons (Fsp3) is 0.296. The molecule has 0 radical (unpaired) electrons. The molecule has 0 spiro atoms. The number of aliphatic imine (C=N–C) groups is 1. The van der Waals surface area contributed by atoms with E-state index in [1.54, 1.807) is 12.2 Å². The minimum atomic E-state index is -4.58. The first kappa shape index (κ1) is 29.6. The molecule has 0 aromatic heterocycles. The molecule has 0 saturated heterocycles. The zero-order valence-corrected chi connectivity index (χ0v) is 21.0. The molecule has 12 heteroatoms. The Morgan fingerprint density at radius 2 is 1.74 bits per heavy atom. The van der Waals surface area contributed by atoms with Crippen molar-refractivity contribution in [1.82, 2.24) is 15.5 Å². The van der Waals surface area contributed by atoms with E-state index in [1.807, 2.05) is 4.90 Å². The zero-order valence-electron chi connectivity index (χ0n) is 21.0. The number of anilines is 1. The molecule has 2 atom stereocenters. The van der Waals surface area contributed by atoms with E-state index >= 15 is 0 Å². The van der Waals surface area contributed by atoms with Crippen molar-refractivity contribution in [2.75, 3.05) is 25.0 Å². The van der Waals surface area contributed by atoms with E-state index in [1.165, 1.54) is 30.5 Å². The van der Waals surface area contributed by atoms with Crippen molar-refractivity contribution in [3.05, 3.63) is 103 Å². The molecule has 5 N–H and O–H groups in total. The number of rotatable bonds is 9. The van der Waals surface area contributed by atoms with Crippen molar-refractivity contribution in [3.63, 3.8) is 0 Å². The molecule has 1 aromatic rings. The second-order valence-corrected chi connectivity index (χ2v) is 8.82. The van der Waals surface area contributed by atoms with Gasteiger partial charge in [0.1, 0.15) is 12.0 Å². The van der Waals surface area contributed by atoms with Crippen molar-refractivity contribution >= 4 is 11.5 Å². The largest absolute Gasteiger partial charge is 0.416 e. The van der Waals surface area contributed by atoms with Gasteiger partial charge in [0.15, 0.2) is 0 Å². The van der Waals surface area contributed by atoms with E-state index < -0.39 is 35.7 Å². The number of dihydropyridines is 1. The van der Waals surface area contributed by atoms with Crippen molar-refractivity contribution in [2.45, 2.75) is 31.0 Å². The fourth-order valence-electron chi connectivity index (χ4n) is 4.16. The van der Waals surface area contributed by atoms with Crippen molar-refractivity contribution < 1.29 is 26.3 Å². The van der Waals surface area contributed by atoms with Crippen LogP contribution < -0.4 is 21.7 Å². The number of allylic oxidation sites excluding steroid dienone is 2. The number of benzene rings is 1. The van der Waals surface area contributed by atoms with Crippen LogP contribution in [0.25, 0.3) is 0 Å². The lowest BCUT2D eigenvalue weighted by molar-refractivity contribution is -0.137. The van der Waals surface area contributed by atoms with Gasteiger partial charge in [-0.1, -0.05) is 18.2 Å². The standard InChI is InChI=1S/C27H30F6N6/c1-3-12-39(13-4-2)17-24-37-21(14-18(16-34)25-22(27(31,32)33)6-5-11-35-25)15-23(38-24)36-20-9-7-19(8-10-20)26(28,29)30/h3-11,14,16,24-25,35,37H,1-2,12-13,15,17,34H2,(H,36,38)/b18-16+,21-14+. The summed E-state index contributed by atoms with van der Waals surface area (Å²) < 4.78 is 79.8. The van der Waals surface area contributed by atoms with Gasteiger partial charge in [0.25, 0.3) is 0 Å². The summed E-state index contributed by atoms with van der Waals surface area (Å²) in [5, 5.41) is 8.97. The van der Waals surface area contributed by atoms with Crippen molar-refractivity contribution in [1.29, 1.82) is 0 Å². The van der Waals surface area contributed by atoms with Crippen LogP contribution in [-0.2, 0) is 6.18 Å². The first-order valence-corrected chi connectivity index (χ1v) is 12.0. The molecule has 210 valence electrons. The van der Waals surface area contributed by atoms with E-state index in [9.17, 15) is 26.3 Å². The molecule has 2 unspecified atom stereocenters. The Bertz CT molecular complexity index is 1160. The first-order chi connectivity index (χ1) is 18.4. The van der Waals surface area contributed by atoms with Gasteiger partial charge >= 0.3 is 12.4 Å². The van der Waals surface area contributed by atoms with Gasteiger partial charge in [0.2, 0.25) is 0 Å². The molecule has 2 heterocycles. The topological polar surface area (TPSA) is 77.7 Å². The molecule has 0 bridgehead atoms. The summed E-state index contributed by atoms with van der Waals surface area (Å²) in [6, 6.07) is 3.26. The highest BCUT2D eigenvalue weighted by Gasteiger charge is 2.40. The Labute approximate surface area is 223 Å². The van der Waals surface area contributed by atoms with Crippen LogP contribution in [0.4, 0.5) is 32.0 Å². The number of alkyl halides is 6. The van der Waals surface area contributed by atoms with Gasteiger partial charge in [-0.15, -0.1) is 13.2 Å². The molecule has 39 heavy (non-hydrogen) atoms. The first-order valence-electron chi connectivity index (χ1n) is 12.0. The molecule has 6 nitrogen and oxygen atoms in total. The summed E-state index contributed by atoms with van der Waals surface area (Å²) in [6.45, 7) is 8.96. The molecule has 0 fully saturated rings. The molecule has 0 saturated carbocycles. The number of nitrogens with zero attached hydrogens (tertiary/aromatic N) is 2. The SMILES string of the molecule is C=CCN(CC=C)CC1N=C(Nc2ccc(C(F)(F)F)cc2)C/C(=C\C(=C/N)C2NC=CC=C2C(F)(F)F)N1. The highest BCUT2D eigenvalue weighted by Crippen LogP contribution is 2.33. The van der Waals surface area contributed by atoms with Crippen LogP contribution in [0.1, 0.15) is 12.0 Å². The number of hydrogen-bond donors (Lipinski definition) is 4. The van der Waals surface area contributed by atoms with Crippen LogP contribution in [0.2, 0.25) is 0 Å². The van der Waals surface area contributed by atoms with E-state index in [0.717, 1.165) is 24.4 Å². The molecular formula is C27H30F6N6. The third kappa shape index (κ3) is 8.28. The van der Waals surface area contributed by atoms with Gasteiger partial charge in [-0.3, -0.25) is 4.90 Å². The van der Waals surface area contributed by atoms with Crippen LogP contribution in [-0.4, -0.2) is 48.8 Å². The zero-order chi connectivity index (χ0) is 28.6. The summed E-state index contributed by atoms with van der Waals surface area (Å²) in [5.41, 5.74) is 5.26. The average molecular weight is 553 g/mol. The second-order valence-electron chi connectivity index (χ2n) is 8.82. The number of nitrogens with one attached hydrogen (secondary N) is 3. The fourth-order valence-corrected chi connectivity index (χ4v) is 4.16. The van der Waals surface area contributed by atoms with Crippen LogP contribution >= 0.6 is 0 Å². The lowest BCUT2D eigenvalue weighted by atomic mass is 9.95. The molecule has 0 aliphatic carbocycles. The van der Waals surface area contributed by atoms with Crippen LogP contribution in [0.15, 0.2) is 102 Å². The highest BCUT2D eigenvalue weighted by molar-refractivity contribution is 5.97. The molecule has 2 aliphatic rings. The van der Waals surface area contributed by atoms with E-state index in [0.29, 0.717) is 36.9 Å². The van der Waals surface area contributed by atoms with Crippen molar-refractivity contribution in [2.24, 2.45) is 10.7 Å². The van der Waals surface area contributed by atoms with Crippen LogP contribution in [0.5, 0.6) is 0 Å². The number of amidine groups is 1. The Kier molecular flexibility index (Phi) is 9.68. The van der Waals surface area contributed by atoms with Crippen molar-refractivity contribution in [3.8, 4) is 0 Å². The summed E-state index contributed by atoms with van der Waals surface area (Å²) in [5.74, 6) is 0.418. The molecule has 1 aromatic carbocycles. The number of nitrogens with two attached hydrogens (primary N) is 1. The van der Waals surface area contributed by atoms with Gasteiger partial charge < -0.3 is 21.7 Å². The van der Waals surface area contributed by atoms with E-state index in [-0.39, 0.29) is 12.0 Å². The number of halogens is 6. The average Bonchev–Trinajstić information content (AvgIpc) is 2.87. The maximum atomic E-state index is 13.7. The minimum absolute atomic E-state index is 0.144.